The number of hydrogen-bond acceptors (Lipinski definition) is 8. The summed E-state index contributed by atoms with van der Waals surface area (Å²) in [4.78, 5) is -0.577. The first-order chi connectivity index (χ1) is 26.0. The van der Waals surface area contributed by atoms with E-state index in [-0.39, 0.29) is 59.0 Å². The molecule has 296 valence electrons. The van der Waals surface area contributed by atoms with Crippen LogP contribution in [-0.4, -0.2) is 63.7 Å². The Hall–Kier alpha value is -2.44. The predicted octanol–water partition coefficient (Wildman–Crippen LogP) is 11.8. The van der Waals surface area contributed by atoms with E-state index in [0.29, 0.717) is 11.5 Å². The van der Waals surface area contributed by atoms with E-state index in [0.717, 1.165) is 49.7 Å². The first-order valence-corrected chi connectivity index (χ1v) is 22.5. The molecule has 0 spiro atoms. The molecule has 4 rings (SSSR count). The van der Waals surface area contributed by atoms with Crippen LogP contribution in [0.5, 0.6) is 23.0 Å². The fourth-order valence-electron chi connectivity index (χ4n) is 6.13. The van der Waals surface area contributed by atoms with Gasteiger partial charge >= 0.3 is 37.7 Å². The van der Waals surface area contributed by atoms with Gasteiger partial charge in [-0.05, 0) is 85.3 Å². The van der Waals surface area contributed by atoms with Crippen LogP contribution >= 0.6 is 0 Å². The van der Waals surface area contributed by atoms with Crippen LogP contribution in [0.2, 0.25) is 0 Å². The summed E-state index contributed by atoms with van der Waals surface area (Å²) in [5.41, 5.74) is 1.71. The minimum atomic E-state index is -4.60. The van der Waals surface area contributed by atoms with E-state index >= 15 is 0 Å². The SMILES string of the molecule is CCCCCCCCCCc1ccc(Oc2ccccc2)c(S(=O)(=O)[O-])c1.CCCCCCCCCCc1ccc(Oc2ccccc2)c(S(=O)(=O)[O-])c1.[Ca+2]. The van der Waals surface area contributed by atoms with Crippen molar-refractivity contribution in [2.24, 2.45) is 0 Å². The summed E-state index contributed by atoms with van der Waals surface area (Å²) in [6.45, 7) is 4.43. The second-order valence-electron chi connectivity index (χ2n) is 13.8. The van der Waals surface area contributed by atoms with Crippen LogP contribution in [0.15, 0.2) is 107 Å². The molecule has 0 amide bonds. The number of unbranched alkanes of at least 4 members (excludes halogenated alkanes) is 14. The zero-order chi connectivity index (χ0) is 39.1. The fourth-order valence-corrected chi connectivity index (χ4v) is 7.44. The number of benzene rings is 4. The quantitative estimate of drug-likeness (QED) is 0.0388. The molecule has 0 saturated heterocycles. The van der Waals surface area contributed by atoms with Crippen LogP contribution in [0, 0.1) is 0 Å². The molecular weight excluding hydrogens is 761 g/mol. The van der Waals surface area contributed by atoms with Gasteiger partial charge in [-0.3, -0.25) is 0 Å². The summed E-state index contributed by atoms with van der Waals surface area (Å²) in [5, 5.41) is 0. The molecule has 0 aliphatic rings. The number of para-hydroxylation sites is 2. The van der Waals surface area contributed by atoms with Gasteiger partial charge in [0, 0.05) is 0 Å². The van der Waals surface area contributed by atoms with E-state index < -0.39 is 20.2 Å². The van der Waals surface area contributed by atoms with E-state index in [1.165, 1.54) is 89.2 Å². The first-order valence-electron chi connectivity index (χ1n) is 19.6. The zero-order valence-electron chi connectivity index (χ0n) is 32.8. The normalized spacial score (nSPS) is 11.3. The van der Waals surface area contributed by atoms with Gasteiger partial charge in [-0.15, -0.1) is 0 Å². The molecule has 55 heavy (non-hydrogen) atoms. The molecule has 0 aliphatic carbocycles. The van der Waals surface area contributed by atoms with Crippen LogP contribution in [0.4, 0.5) is 0 Å². The third-order valence-corrected chi connectivity index (χ3v) is 10.9. The van der Waals surface area contributed by atoms with Crippen LogP contribution in [0.25, 0.3) is 0 Å². The molecule has 4 aromatic rings. The van der Waals surface area contributed by atoms with Crippen LogP contribution in [-0.2, 0) is 33.1 Å². The van der Waals surface area contributed by atoms with E-state index in [9.17, 15) is 25.9 Å². The molecule has 0 bridgehead atoms. The molecule has 0 unspecified atom stereocenters. The third-order valence-electron chi connectivity index (χ3n) is 9.13. The van der Waals surface area contributed by atoms with E-state index in [1.54, 1.807) is 60.7 Å². The minimum absolute atomic E-state index is 0. The van der Waals surface area contributed by atoms with Gasteiger partial charge in [0.15, 0.2) is 0 Å². The molecule has 0 N–H and O–H groups in total. The van der Waals surface area contributed by atoms with Gasteiger partial charge in [0.2, 0.25) is 0 Å². The van der Waals surface area contributed by atoms with Gasteiger partial charge in [0.05, 0.1) is 9.79 Å². The van der Waals surface area contributed by atoms with Gasteiger partial charge in [0.25, 0.3) is 0 Å². The van der Waals surface area contributed by atoms with Gasteiger partial charge < -0.3 is 18.6 Å². The van der Waals surface area contributed by atoms with Crippen LogP contribution in [0.1, 0.15) is 128 Å². The second-order valence-corrected chi connectivity index (χ2v) is 16.4. The summed E-state index contributed by atoms with van der Waals surface area (Å²) in [6.07, 6.45) is 21.0. The number of aryl methyl sites for hydroxylation is 2. The Morgan fingerprint density at radius 3 is 1.05 bits per heavy atom. The van der Waals surface area contributed by atoms with E-state index in [1.807, 2.05) is 24.3 Å². The fraction of sp³-hybridized carbons (Fsp3) is 0.455. The maximum Gasteiger partial charge on any atom is 2.00 e. The smallest absolute Gasteiger partial charge is 0.744 e. The van der Waals surface area contributed by atoms with Gasteiger partial charge in [-0.25, -0.2) is 16.8 Å². The van der Waals surface area contributed by atoms with Crippen molar-refractivity contribution in [3.05, 3.63) is 108 Å². The van der Waals surface area contributed by atoms with E-state index in [2.05, 4.69) is 13.8 Å². The first kappa shape index (κ1) is 48.7. The Balaban J connectivity index is 0.000000373. The maximum absolute atomic E-state index is 11.7. The summed E-state index contributed by atoms with van der Waals surface area (Å²) < 4.78 is 81.2. The zero-order valence-corrected chi connectivity index (χ0v) is 36.6. The molecule has 0 aromatic heterocycles. The van der Waals surface area contributed by atoms with Crippen molar-refractivity contribution in [2.45, 2.75) is 139 Å². The van der Waals surface area contributed by atoms with Crippen molar-refractivity contribution < 1.29 is 35.4 Å². The summed E-state index contributed by atoms with van der Waals surface area (Å²) in [5.74, 6) is 1.16. The summed E-state index contributed by atoms with van der Waals surface area (Å²) in [7, 11) is -9.20. The molecule has 11 heteroatoms. The van der Waals surface area contributed by atoms with Crippen molar-refractivity contribution in [1.82, 2.24) is 0 Å². The standard InChI is InChI=1S/2C22H30O4S.Ca/c2*1-2-3-4-5-6-7-8-10-13-19-16-17-21(22(18-19)27(23,24)25)26-20-14-11-9-12-15-20;/h2*9,11-12,14-18H,2-8,10,13H2,1H3,(H,23,24,25);/q;;+2/p-2. The molecule has 0 saturated carbocycles. The second kappa shape index (κ2) is 27.2. The van der Waals surface area contributed by atoms with Crippen molar-refractivity contribution >= 4 is 58.0 Å². The molecule has 8 nitrogen and oxygen atoms in total. The predicted molar refractivity (Wildman–Crippen MR) is 220 cm³/mol. The van der Waals surface area contributed by atoms with Crippen molar-refractivity contribution in [3.63, 3.8) is 0 Å². The average Bonchev–Trinajstić information content (AvgIpc) is 3.15. The average molecular weight is 819 g/mol. The molecule has 0 fully saturated rings. The van der Waals surface area contributed by atoms with Crippen LogP contribution in [0.3, 0.4) is 0 Å². The van der Waals surface area contributed by atoms with Crippen LogP contribution < -0.4 is 9.47 Å². The maximum atomic E-state index is 11.7. The molecule has 0 heterocycles. The largest absolute Gasteiger partial charge is 2.00 e. The third kappa shape index (κ3) is 20.0. The Kier molecular flexibility index (Phi) is 24.1. The number of ether oxygens (including phenoxy) is 2. The van der Waals surface area contributed by atoms with Crippen molar-refractivity contribution in [2.75, 3.05) is 0 Å². The summed E-state index contributed by atoms with van der Waals surface area (Å²) >= 11 is 0. The number of rotatable bonds is 24. The van der Waals surface area contributed by atoms with Gasteiger partial charge in [-0.2, -0.15) is 0 Å². The Morgan fingerprint density at radius 2 is 0.745 bits per heavy atom. The molecule has 4 aromatic carbocycles. The van der Waals surface area contributed by atoms with Crippen molar-refractivity contribution in [3.8, 4) is 23.0 Å². The van der Waals surface area contributed by atoms with Crippen molar-refractivity contribution in [1.29, 1.82) is 0 Å². The topological polar surface area (TPSA) is 133 Å². The molecule has 0 atom stereocenters. The Labute approximate surface area is 361 Å². The Morgan fingerprint density at radius 1 is 0.436 bits per heavy atom. The van der Waals surface area contributed by atoms with Gasteiger partial charge in [0.1, 0.15) is 43.2 Å². The van der Waals surface area contributed by atoms with E-state index in [4.69, 9.17) is 9.47 Å². The monoisotopic (exact) mass is 818 g/mol. The molecular formula is C44H58CaO8S2. The summed E-state index contributed by atoms with van der Waals surface area (Å²) in [6, 6.07) is 27.5. The molecule has 0 radical (unpaired) electrons. The van der Waals surface area contributed by atoms with Gasteiger partial charge in [-0.1, -0.05) is 152 Å². The Bertz CT molecular complexity index is 1710. The molecule has 0 aliphatic heterocycles. The minimum Gasteiger partial charge on any atom is -0.744 e. The number of hydrogen-bond donors (Lipinski definition) is 0.